The SMILES string of the molecule is O=C(COC(=O)c1ccc(-n2cncn2)cc1)NC(=O)NC1CCCCC1. The Bertz CT molecular complexity index is 783. The summed E-state index contributed by atoms with van der Waals surface area (Å²) in [5, 5.41) is 8.93. The molecule has 1 saturated carbocycles. The molecule has 0 unspecified atom stereocenters. The number of carbonyl (C=O) groups is 3. The van der Waals surface area contributed by atoms with Crippen LogP contribution in [0.3, 0.4) is 0 Å². The normalized spacial score (nSPS) is 14.4. The van der Waals surface area contributed by atoms with E-state index in [1.165, 1.54) is 19.1 Å². The number of benzene rings is 1. The van der Waals surface area contributed by atoms with Gasteiger partial charge in [-0.1, -0.05) is 19.3 Å². The van der Waals surface area contributed by atoms with Gasteiger partial charge >= 0.3 is 12.0 Å². The fourth-order valence-electron chi connectivity index (χ4n) is 2.94. The number of amides is 3. The number of aromatic nitrogens is 3. The highest BCUT2D eigenvalue weighted by Crippen LogP contribution is 2.17. The maximum absolute atomic E-state index is 12.0. The number of urea groups is 1. The first-order chi connectivity index (χ1) is 13.1. The molecule has 142 valence electrons. The van der Waals surface area contributed by atoms with Crippen LogP contribution in [0.2, 0.25) is 0 Å². The summed E-state index contributed by atoms with van der Waals surface area (Å²) in [7, 11) is 0. The molecule has 1 fully saturated rings. The molecule has 9 nitrogen and oxygen atoms in total. The number of nitrogens with zero attached hydrogens (tertiary/aromatic N) is 3. The Labute approximate surface area is 156 Å². The molecule has 0 radical (unpaired) electrons. The molecule has 3 amide bonds. The Kier molecular flexibility index (Phi) is 6.14. The van der Waals surface area contributed by atoms with E-state index in [4.69, 9.17) is 4.74 Å². The lowest BCUT2D eigenvalue weighted by atomic mass is 9.96. The van der Waals surface area contributed by atoms with E-state index in [-0.39, 0.29) is 6.04 Å². The molecule has 1 aromatic carbocycles. The molecule has 3 rings (SSSR count). The van der Waals surface area contributed by atoms with Crippen molar-refractivity contribution >= 4 is 17.9 Å². The van der Waals surface area contributed by atoms with Crippen molar-refractivity contribution in [2.75, 3.05) is 6.61 Å². The summed E-state index contributed by atoms with van der Waals surface area (Å²) >= 11 is 0. The zero-order chi connectivity index (χ0) is 19.1. The molecule has 0 saturated heterocycles. The molecular weight excluding hydrogens is 350 g/mol. The maximum Gasteiger partial charge on any atom is 0.338 e. The van der Waals surface area contributed by atoms with E-state index in [2.05, 4.69) is 20.7 Å². The second-order valence-corrected chi connectivity index (χ2v) is 6.32. The van der Waals surface area contributed by atoms with Gasteiger partial charge in [0.25, 0.3) is 5.91 Å². The van der Waals surface area contributed by atoms with Gasteiger partial charge in [0.2, 0.25) is 0 Å². The van der Waals surface area contributed by atoms with Crippen LogP contribution in [0.25, 0.3) is 5.69 Å². The summed E-state index contributed by atoms with van der Waals surface area (Å²) in [6.45, 7) is -0.526. The van der Waals surface area contributed by atoms with Crippen LogP contribution in [-0.4, -0.2) is 45.3 Å². The Hall–Kier alpha value is -3.23. The Balaban J connectivity index is 1.42. The molecule has 0 spiro atoms. The van der Waals surface area contributed by atoms with Crippen LogP contribution in [0.5, 0.6) is 0 Å². The van der Waals surface area contributed by atoms with Crippen molar-refractivity contribution in [3.63, 3.8) is 0 Å². The predicted octanol–water partition coefficient (Wildman–Crippen LogP) is 1.58. The standard InChI is InChI=1S/C18H21N5O4/c24-16(22-18(26)21-14-4-2-1-3-5-14)10-27-17(25)13-6-8-15(9-7-13)23-12-19-11-20-23/h6-9,11-12,14H,1-5,10H2,(H2,21,22,24,26). The van der Waals surface area contributed by atoms with Gasteiger partial charge in [0.1, 0.15) is 12.7 Å². The largest absolute Gasteiger partial charge is 0.452 e. The summed E-state index contributed by atoms with van der Waals surface area (Å²) < 4.78 is 6.49. The average molecular weight is 371 g/mol. The highest BCUT2D eigenvalue weighted by atomic mass is 16.5. The summed E-state index contributed by atoms with van der Waals surface area (Å²) in [6.07, 6.45) is 8.11. The molecule has 9 heteroatoms. The van der Waals surface area contributed by atoms with Gasteiger partial charge in [0.15, 0.2) is 6.61 Å². The van der Waals surface area contributed by atoms with Gasteiger partial charge in [0.05, 0.1) is 11.3 Å². The summed E-state index contributed by atoms with van der Waals surface area (Å²) in [5.74, 6) is -1.32. The van der Waals surface area contributed by atoms with Crippen molar-refractivity contribution in [2.45, 2.75) is 38.1 Å². The lowest BCUT2D eigenvalue weighted by Gasteiger charge is -2.22. The Morgan fingerprint density at radius 2 is 1.85 bits per heavy atom. The smallest absolute Gasteiger partial charge is 0.338 e. The zero-order valence-electron chi connectivity index (χ0n) is 14.8. The minimum atomic E-state index is -0.670. The van der Waals surface area contributed by atoms with Gasteiger partial charge < -0.3 is 10.1 Å². The molecule has 0 aliphatic heterocycles. The molecule has 0 bridgehead atoms. The number of hydrogen-bond acceptors (Lipinski definition) is 6. The third-order valence-electron chi connectivity index (χ3n) is 4.31. The number of esters is 1. The number of carbonyl (C=O) groups excluding carboxylic acids is 3. The van der Waals surface area contributed by atoms with Crippen LogP contribution in [-0.2, 0) is 9.53 Å². The van der Waals surface area contributed by atoms with Gasteiger partial charge in [-0.2, -0.15) is 5.10 Å². The highest BCUT2D eigenvalue weighted by molar-refractivity contribution is 5.97. The van der Waals surface area contributed by atoms with E-state index in [0.29, 0.717) is 5.56 Å². The van der Waals surface area contributed by atoms with Gasteiger partial charge in [-0.15, -0.1) is 0 Å². The lowest BCUT2D eigenvalue weighted by Crippen LogP contribution is -2.46. The van der Waals surface area contributed by atoms with Crippen LogP contribution in [0.15, 0.2) is 36.9 Å². The first-order valence-corrected chi connectivity index (χ1v) is 8.84. The molecular formula is C18H21N5O4. The minimum Gasteiger partial charge on any atom is -0.452 e. The number of hydrogen-bond donors (Lipinski definition) is 2. The van der Waals surface area contributed by atoms with E-state index in [1.54, 1.807) is 28.9 Å². The van der Waals surface area contributed by atoms with Crippen molar-refractivity contribution in [2.24, 2.45) is 0 Å². The average Bonchev–Trinajstić information content (AvgIpc) is 3.22. The second kappa shape index (κ2) is 8.93. The zero-order valence-corrected chi connectivity index (χ0v) is 14.8. The highest BCUT2D eigenvalue weighted by Gasteiger charge is 2.17. The van der Waals surface area contributed by atoms with Crippen molar-refractivity contribution in [1.82, 2.24) is 25.4 Å². The van der Waals surface area contributed by atoms with Crippen LogP contribution in [0.4, 0.5) is 4.79 Å². The van der Waals surface area contributed by atoms with E-state index < -0.39 is 24.5 Å². The van der Waals surface area contributed by atoms with Crippen molar-refractivity contribution < 1.29 is 19.1 Å². The molecule has 2 aromatic rings. The molecule has 2 N–H and O–H groups in total. The van der Waals surface area contributed by atoms with Crippen molar-refractivity contribution in [3.05, 3.63) is 42.5 Å². The van der Waals surface area contributed by atoms with E-state index in [0.717, 1.165) is 31.4 Å². The third-order valence-corrected chi connectivity index (χ3v) is 4.31. The molecule has 1 aliphatic carbocycles. The minimum absolute atomic E-state index is 0.0950. The van der Waals surface area contributed by atoms with Crippen LogP contribution < -0.4 is 10.6 Å². The van der Waals surface area contributed by atoms with Crippen LogP contribution in [0, 0.1) is 0 Å². The fourth-order valence-corrected chi connectivity index (χ4v) is 2.94. The number of ether oxygens (including phenoxy) is 1. The predicted molar refractivity (Wildman–Crippen MR) is 95.2 cm³/mol. The summed E-state index contributed by atoms with van der Waals surface area (Å²) in [5.41, 5.74) is 1.03. The molecule has 1 aliphatic rings. The van der Waals surface area contributed by atoms with Gasteiger partial charge in [0, 0.05) is 6.04 Å². The molecule has 0 atom stereocenters. The second-order valence-electron chi connectivity index (χ2n) is 6.32. The summed E-state index contributed by atoms with van der Waals surface area (Å²) in [6, 6.07) is 6.03. The van der Waals surface area contributed by atoms with Gasteiger partial charge in [-0.05, 0) is 37.1 Å². The topological polar surface area (TPSA) is 115 Å². The van der Waals surface area contributed by atoms with E-state index >= 15 is 0 Å². The van der Waals surface area contributed by atoms with Crippen LogP contribution >= 0.6 is 0 Å². The Morgan fingerprint density at radius 3 is 2.52 bits per heavy atom. The monoisotopic (exact) mass is 371 g/mol. The summed E-state index contributed by atoms with van der Waals surface area (Å²) in [4.78, 5) is 39.4. The first-order valence-electron chi connectivity index (χ1n) is 8.84. The molecule has 1 heterocycles. The van der Waals surface area contributed by atoms with Crippen LogP contribution in [0.1, 0.15) is 42.5 Å². The first kappa shape index (κ1) is 18.6. The lowest BCUT2D eigenvalue weighted by molar-refractivity contribution is -0.123. The number of nitrogens with one attached hydrogen (secondary N) is 2. The Morgan fingerprint density at radius 1 is 1.11 bits per heavy atom. The van der Waals surface area contributed by atoms with E-state index in [1.807, 2.05) is 0 Å². The quantitative estimate of drug-likeness (QED) is 0.771. The molecule has 1 aromatic heterocycles. The van der Waals surface area contributed by atoms with E-state index in [9.17, 15) is 14.4 Å². The number of rotatable bonds is 5. The molecule has 27 heavy (non-hydrogen) atoms. The fraction of sp³-hybridized carbons (Fsp3) is 0.389. The maximum atomic E-state index is 12.0. The van der Waals surface area contributed by atoms with Crippen molar-refractivity contribution in [1.29, 1.82) is 0 Å². The van der Waals surface area contributed by atoms with Crippen molar-refractivity contribution in [3.8, 4) is 5.69 Å². The van der Waals surface area contributed by atoms with Gasteiger partial charge in [-0.25, -0.2) is 19.3 Å². The number of imide groups is 1. The van der Waals surface area contributed by atoms with Gasteiger partial charge in [-0.3, -0.25) is 10.1 Å². The third kappa shape index (κ3) is 5.37.